The van der Waals surface area contributed by atoms with Crippen LogP contribution in [0.4, 0.5) is 0 Å². The maximum atomic E-state index is 6.08. The number of benzene rings is 1. The molecular weight excluding hydrogens is 331 g/mol. The molecule has 0 saturated heterocycles. The lowest BCUT2D eigenvalue weighted by molar-refractivity contribution is 1.14. The van der Waals surface area contributed by atoms with Gasteiger partial charge >= 0.3 is 0 Å². The highest BCUT2D eigenvalue weighted by atomic mass is 35.5. The van der Waals surface area contributed by atoms with Gasteiger partial charge in [-0.1, -0.05) is 53.5 Å². The van der Waals surface area contributed by atoms with Crippen molar-refractivity contribution in [1.82, 2.24) is 19.9 Å². The van der Waals surface area contributed by atoms with Crippen molar-refractivity contribution < 1.29 is 0 Å². The molecule has 0 fully saturated rings. The van der Waals surface area contributed by atoms with Crippen LogP contribution < -0.4 is 0 Å². The van der Waals surface area contributed by atoms with Crippen molar-refractivity contribution in [3.63, 3.8) is 0 Å². The van der Waals surface area contributed by atoms with E-state index in [1.165, 1.54) is 6.33 Å². The molecule has 0 spiro atoms. The lowest BCUT2D eigenvalue weighted by Crippen LogP contribution is -1.95. The zero-order valence-electron chi connectivity index (χ0n) is 10.5. The normalized spacial score (nSPS) is 10.6. The quantitative estimate of drug-likeness (QED) is 0.508. The molecular formula is C14H7Cl3N4. The van der Waals surface area contributed by atoms with E-state index in [1.807, 2.05) is 30.3 Å². The van der Waals surface area contributed by atoms with Gasteiger partial charge in [0.05, 0.1) is 17.0 Å². The molecule has 0 atom stereocenters. The SMILES string of the molecule is Clc1nc(-c2ccccc2)cc(-c2c(Cl)ncnc2Cl)n1. The molecule has 0 saturated carbocycles. The predicted octanol–water partition coefficient (Wildman–Crippen LogP) is 4.56. The number of nitrogens with zero attached hydrogens (tertiary/aromatic N) is 4. The summed E-state index contributed by atoms with van der Waals surface area (Å²) in [5.41, 5.74) is 2.49. The van der Waals surface area contributed by atoms with E-state index in [0.29, 0.717) is 17.0 Å². The van der Waals surface area contributed by atoms with E-state index >= 15 is 0 Å². The van der Waals surface area contributed by atoms with Crippen molar-refractivity contribution in [2.75, 3.05) is 0 Å². The van der Waals surface area contributed by atoms with E-state index in [0.717, 1.165) is 5.56 Å². The summed E-state index contributed by atoms with van der Waals surface area (Å²) < 4.78 is 0. The largest absolute Gasteiger partial charge is 0.224 e. The molecule has 104 valence electrons. The van der Waals surface area contributed by atoms with Crippen LogP contribution in [-0.4, -0.2) is 19.9 Å². The van der Waals surface area contributed by atoms with Gasteiger partial charge in [-0.3, -0.25) is 0 Å². The summed E-state index contributed by atoms with van der Waals surface area (Å²) in [4.78, 5) is 16.2. The van der Waals surface area contributed by atoms with E-state index in [4.69, 9.17) is 34.8 Å². The minimum absolute atomic E-state index is 0.0994. The van der Waals surface area contributed by atoms with Crippen molar-refractivity contribution in [2.24, 2.45) is 0 Å². The predicted molar refractivity (Wildman–Crippen MR) is 83.5 cm³/mol. The van der Waals surface area contributed by atoms with Crippen LogP contribution in [-0.2, 0) is 0 Å². The van der Waals surface area contributed by atoms with E-state index in [9.17, 15) is 0 Å². The highest BCUT2D eigenvalue weighted by molar-refractivity contribution is 6.37. The molecule has 2 heterocycles. The van der Waals surface area contributed by atoms with E-state index < -0.39 is 0 Å². The number of hydrogen-bond acceptors (Lipinski definition) is 4. The van der Waals surface area contributed by atoms with Crippen LogP contribution in [0.5, 0.6) is 0 Å². The molecule has 0 N–H and O–H groups in total. The van der Waals surface area contributed by atoms with E-state index in [-0.39, 0.29) is 15.6 Å². The van der Waals surface area contributed by atoms with Crippen molar-refractivity contribution in [3.8, 4) is 22.5 Å². The van der Waals surface area contributed by atoms with Gasteiger partial charge in [0.25, 0.3) is 0 Å². The Balaban J connectivity index is 2.19. The average Bonchev–Trinajstić information content (AvgIpc) is 2.47. The summed E-state index contributed by atoms with van der Waals surface area (Å²) in [5, 5.41) is 0.523. The van der Waals surface area contributed by atoms with Gasteiger partial charge in [0.2, 0.25) is 5.28 Å². The summed E-state index contributed by atoms with van der Waals surface area (Å²) in [6, 6.07) is 11.3. The van der Waals surface area contributed by atoms with Gasteiger partial charge in [0.15, 0.2) is 0 Å². The number of rotatable bonds is 2. The van der Waals surface area contributed by atoms with Crippen molar-refractivity contribution in [2.45, 2.75) is 0 Å². The Hall–Kier alpha value is -1.75. The van der Waals surface area contributed by atoms with Crippen molar-refractivity contribution in [3.05, 3.63) is 58.3 Å². The molecule has 4 nitrogen and oxygen atoms in total. The second kappa shape index (κ2) is 5.93. The standard InChI is InChI=1S/C14H7Cl3N4/c15-12-11(13(16)19-7-18-12)10-6-9(20-14(17)21-10)8-4-2-1-3-5-8/h1-7H. The Morgan fingerprint density at radius 2 is 1.38 bits per heavy atom. The smallest absolute Gasteiger partial charge is 0.223 e. The monoisotopic (exact) mass is 336 g/mol. The molecule has 3 aromatic rings. The fourth-order valence-electron chi connectivity index (χ4n) is 1.86. The zero-order valence-corrected chi connectivity index (χ0v) is 12.7. The number of aromatic nitrogens is 4. The van der Waals surface area contributed by atoms with Crippen LogP contribution in [0.25, 0.3) is 22.5 Å². The third-order valence-corrected chi connectivity index (χ3v) is 3.52. The Morgan fingerprint density at radius 1 is 0.762 bits per heavy atom. The first-order valence-corrected chi connectivity index (χ1v) is 7.05. The van der Waals surface area contributed by atoms with Gasteiger partial charge in [-0.2, -0.15) is 0 Å². The summed E-state index contributed by atoms with van der Waals surface area (Å²) in [6.45, 7) is 0. The second-order valence-electron chi connectivity index (χ2n) is 4.10. The van der Waals surface area contributed by atoms with Crippen LogP contribution in [0.3, 0.4) is 0 Å². The lowest BCUT2D eigenvalue weighted by atomic mass is 10.1. The van der Waals surface area contributed by atoms with Crippen LogP contribution in [0.2, 0.25) is 15.6 Å². The van der Waals surface area contributed by atoms with E-state index in [2.05, 4.69) is 19.9 Å². The fourth-order valence-corrected chi connectivity index (χ4v) is 2.55. The lowest BCUT2D eigenvalue weighted by Gasteiger charge is -2.07. The molecule has 0 bridgehead atoms. The van der Waals surface area contributed by atoms with Crippen LogP contribution >= 0.6 is 34.8 Å². The molecule has 0 aliphatic heterocycles. The topological polar surface area (TPSA) is 51.6 Å². The first kappa shape index (κ1) is 14.2. The van der Waals surface area contributed by atoms with Gasteiger partial charge in [0.1, 0.15) is 16.6 Å². The molecule has 0 aliphatic carbocycles. The molecule has 3 rings (SSSR count). The summed E-state index contributed by atoms with van der Waals surface area (Å²) in [7, 11) is 0. The minimum Gasteiger partial charge on any atom is -0.224 e. The molecule has 21 heavy (non-hydrogen) atoms. The average molecular weight is 338 g/mol. The first-order chi connectivity index (χ1) is 10.1. The number of halogens is 3. The van der Waals surface area contributed by atoms with Crippen molar-refractivity contribution in [1.29, 1.82) is 0 Å². The Labute approximate surface area is 135 Å². The van der Waals surface area contributed by atoms with Gasteiger partial charge in [-0.25, -0.2) is 19.9 Å². The van der Waals surface area contributed by atoms with Crippen molar-refractivity contribution >= 4 is 34.8 Å². The van der Waals surface area contributed by atoms with E-state index in [1.54, 1.807) is 6.07 Å². The maximum Gasteiger partial charge on any atom is 0.223 e. The third-order valence-electron chi connectivity index (χ3n) is 2.78. The number of hydrogen-bond donors (Lipinski definition) is 0. The van der Waals surface area contributed by atoms with Gasteiger partial charge in [0, 0.05) is 5.56 Å². The zero-order chi connectivity index (χ0) is 14.8. The molecule has 0 radical (unpaired) electrons. The van der Waals surface area contributed by atoms with Gasteiger partial charge < -0.3 is 0 Å². The van der Waals surface area contributed by atoms with Crippen LogP contribution in [0, 0.1) is 0 Å². The van der Waals surface area contributed by atoms with Gasteiger partial charge in [-0.15, -0.1) is 0 Å². The summed E-state index contributed by atoms with van der Waals surface area (Å²) in [6.07, 6.45) is 1.29. The third kappa shape index (κ3) is 2.97. The van der Waals surface area contributed by atoms with Crippen LogP contribution in [0.15, 0.2) is 42.7 Å². The Kier molecular flexibility index (Phi) is 4.01. The van der Waals surface area contributed by atoms with Gasteiger partial charge in [-0.05, 0) is 17.7 Å². The molecule has 1 aromatic carbocycles. The highest BCUT2D eigenvalue weighted by Gasteiger charge is 2.15. The molecule has 0 unspecified atom stereocenters. The molecule has 7 heteroatoms. The summed E-state index contributed by atoms with van der Waals surface area (Å²) >= 11 is 18.2. The highest BCUT2D eigenvalue weighted by Crippen LogP contribution is 2.32. The minimum atomic E-state index is 0.0994. The molecule has 2 aromatic heterocycles. The molecule has 0 aliphatic rings. The molecule has 0 amide bonds. The summed E-state index contributed by atoms with van der Waals surface area (Å²) in [5.74, 6) is 0. The fraction of sp³-hybridized carbons (Fsp3) is 0. The Bertz CT molecular complexity index is 773. The van der Waals surface area contributed by atoms with Crippen LogP contribution in [0.1, 0.15) is 0 Å². The maximum absolute atomic E-state index is 6.08. The second-order valence-corrected chi connectivity index (χ2v) is 5.16. The Morgan fingerprint density at radius 3 is 2.05 bits per heavy atom. The first-order valence-electron chi connectivity index (χ1n) is 5.91.